The van der Waals surface area contributed by atoms with E-state index >= 15 is 0 Å². The Balaban J connectivity index is 1.34. The summed E-state index contributed by atoms with van der Waals surface area (Å²) < 4.78 is 0. The van der Waals surface area contributed by atoms with Crippen molar-refractivity contribution in [3.05, 3.63) is 35.9 Å². The van der Waals surface area contributed by atoms with Crippen molar-refractivity contribution in [2.45, 2.75) is 69.6 Å². The molecule has 5 heteroatoms. The summed E-state index contributed by atoms with van der Waals surface area (Å²) in [4.78, 5) is 29.9. The van der Waals surface area contributed by atoms with E-state index in [0.717, 1.165) is 37.4 Å². The third-order valence-electron chi connectivity index (χ3n) is 6.06. The summed E-state index contributed by atoms with van der Waals surface area (Å²) in [6, 6.07) is 11.0. The van der Waals surface area contributed by atoms with Crippen LogP contribution >= 0.6 is 0 Å². The molecule has 3 aliphatic rings. The van der Waals surface area contributed by atoms with Crippen LogP contribution in [-0.4, -0.2) is 58.9 Å². The molecule has 140 valence electrons. The summed E-state index contributed by atoms with van der Waals surface area (Å²) >= 11 is 0. The first-order valence-corrected chi connectivity index (χ1v) is 10.0. The van der Waals surface area contributed by atoms with Crippen LogP contribution in [0.1, 0.15) is 44.6 Å². The smallest absolute Gasteiger partial charge is 0.243 e. The lowest BCUT2D eigenvalue weighted by atomic mass is 10.1. The van der Waals surface area contributed by atoms with Gasteiger partial charge in [0.25, 0.3) is 0 Å². The summed E-state index contributed by atoms with van der Waals surface area (Å²) in [5.74, 6) is 0.104. The zero-order valence-electron chi connectivity index (χ0n) is 15.6. The van der Waals surface area contributed by atoms with Crippen LogP contribution in [0.15, 0.2) is 30.3 Å². The van der Waals surface area contributed by atoms with Crippen LogP contribution < -0.4 is 5.32 Å². The third kappa shape index (κ3) is 3.78. The maximum atomic E-state index is 12.8. The van der Waals surface area contributed by atoms with Crippen LogP contribution in [0, 0.1) is 0 Å². The fraction of sp³-hybridized carbons (Fsp3) is 0.619. The van der Waals surface area contributed by atoms with E-state index < -0.39 is 0 Å². The van der Waals surface area contributed by atoms with Gasteiger partial charge in [-0.05, 0) is 44.6 Å². The van der Waals surface area contributed by atoms with Crippen molar-refractivity contribution in [1.82, 2.24) is 15.1 Å². The molecule has 2 heterocycles. The number of amides is 2. The molecule has 1 aromatic rings. The van der Waals surface area contributed by atoms with Crippen LogP contribution in [0.5, 0.6) is 0 Å². The average molecular weight is 355 g/mol. The largest absolute Gasteiger partial charge is 0.350 e. The Morgan fingerprint density at radius 2 is 1.92 bits per heavy atom. The van der Waals surface area contributed by atoms with E-state index in [1.54, 1.807) is 4.90 Å². The van der Waals surface area contributed by atoms with Crippen LogP contribution in [0.2, 0.25) is 0 Å². The second-order valence-electron chi connectivity index (χ2n) is 8.13. The molecule has 4 rings (SSSR count). The molecule has 1 aromatic carbocycles. The van der Waals surface area contributed by atoms with Crippen LogP contribution in [0.3, 0.4) is 0 Å². The van der Waals surface area contributed by atoms with Crippen LogP contribution in [-0.2, 0) is 16.0 Å². The van der Waals surface area contributed by atoms with Crippen molar-refractivity contribution < 1.29 is 9.59 Å². The quantitative estimate of drug-likeness (QED) is 0.878. The second kappa shape index (κ2) is 7.39. The molecule has 0 spiro atoms. The van der Waals surface area contributed by atoms with E-state index in [0.29, 0.717) is 19.0 Å². The fourth-order valence-corrected chi connectivity index (χ4v) is 4.58. The maximum Gasteiger partial charge on any atom is 0.243 e. The van der Waals surface area contributed by atoms with Gasteiger partial charge in [0, 0.05) is 31.2 Å². The van der Waals surface area contributed by atoms with Gasteiger partial charge < -0.3 is 10.2 Å². The molecule has 5 nitrogen and oxygen atoms in total. The Morgan fingerprint density at radius 3 is 2.65 bits per heavy atom. The Morgan fingerprint density at radius 1 is 1.15 bits per heavy atom. The van der Waals surface area contributed by atoms with Gasteiger partial charge in [-0.3, -0.25) is 14.5 Å². The summed E-state index contributed by atoms with van der Waals surface area (Å²) in [7, 11) is 0. The van der Waals surface area contributed by atoms with E-state index in [4.69, 9.17) is 0 Å². The highest BCUT2D eigenvalue weighted by Gasteiger charge is 2.41. The van der Waals surface area contributed by atoms with Crippen molar-refractivity contribution in [2.75, 3.05) is 13.1 Å². The number of carbonyl (C=O) groups is 2. The first-order valence-electron chi connectivity index (χ1n) is 10.0. The molecule has 3 fully saturated rings. The monoisotopic (exact) mass is 355 g/mol. The van der Waals surface area contributed by atoms with E-state index in [1.807, 2.05) is 30.3 Å². The SMILES string of the molecule is CC1CC(NC(=O)C2CCCN2C(=O)Cc2ccccc2)CN1C1CC1. The number of nitrogens with one attached hydrogen (secondary N) is 1. The molecule has 2 saturated heterocycles. The van der Waals surface area contributed by atoms with Gasteiger partial charge in [-0.25, -0.2) is 0 Å². The summed E-state index contributed by atoms with van der Waals surface area (Å²) in [6.07, 6.45) is 5.69. The number of hydrogen-bond acceptors (Lipinski definition) is 3. The molecule has 0 aromatic heterocycles. The van der Waals surface area contributed by atoms with Crippen molar-refractivity contribution in [3.8, 4) is 0 Å². The molecule has 3 unspecified atom stereocenters. The maximum absolute atomic E-state index is 12.8. The second-order valence-corrected chi connectivity index (χ2v) is 8.13. The fourth-order valence-electron chi connectivity index (χ4n) is 4.58. The van der Waals surface area contributed by atoms with Crippen molar-refractivity contribution in [2.24, 2.45) is 0 Å². The summed E-state index contributed by atoms with van der Waals surface area (Å²) in [5.41, 5.74) is 1.01. The zero-order valence-corrected chi connectivity index (χ0v) is 15.6. The first-order chi connectivity index (χ1) is 12.6. The minimum Gasteiger partial charge on any atom is -0.350 e. The van der Waals surface area contributed by atoms with E-state index in [1.165, 1.54) is 12.8 Å². The number of benzene rings is 1. The van der Waals surface area contributed by atoms with Gasteiger partial charge >= 0.3 is 0 Å². The first kappa shape index (κ1) is 17.5. The molecule has 3 atom stereocenters. The topological polar surface area (TPSA) is 52.7 Å². The predicted octanol–water partition coefficient (Wildman–Crippen LogP) is 1.96. The lowest BCUT2D eigenvalue weighted by molar-refractivity contribution is -0.138. The molecular weight excluding hydrogens is 326 g/mol. The lowest BCUT2D eigenvalue weighted by Gasteiger charge is -2.25. The molecule has 2 amide bonds. The minimum absolute atomic E-state index is 0.0405. The average Bonchev–Trinajstić information content (AvgIpc) is 3.22. The Labute approximate surface area is 155 Å². The number of nitrogens with zero attached hydrogens (tertiary/aromatic N) is 2. The van der Waals surface area contributed by atoms with Gasteiger partial charge in [0.05, 0.1) is 6.42 Å². The highest BCUT2D eigenvalue weighted by atomic mass is 16.2. The zero-order chi connectivity index (χ0) is 18.1. The molecule has 0 bridgehead atoms. The minimum atomic E-state index is -0.295. The molecular formula is C21H29N3O2. The molecule has 26 heavy (non-hydrogen) atoms. The van der Waals surface area contributed by atoms with Gasteiger partial charge in [0.2, 0.25) is 11.8 Å². The lowest BCUT2D eigenvalue weighted by Crippen LogP contribution is -2.49. The highest BCUT2D eigenvalue weighted by molar-refractivity contribution is 5.89. The third-order valence-corrected chi connectivity index (χ3v) is 6.06. The Bertz CT molecular complexity index is 658. The number of hydrogen-bond donors (Lipinski definition) is 1. The van der Waals surface area contributed by atoms with Gasteiger partial charge in [-0.2, -0.15) is 0 Å². The van der Waals surface area contributed by atoms with Crippen molar-refractivity contribution in [1.29, 1.82) is 0 Å². The van der Waals surface area contributed by atoms with Crippen molar-refractivity contribution in [3.63, 3.8) is 0 Å². The van der Waals surface area contributed by atoms with Gasteiger partial charge in [-0.15, -0.1) is 0 Å². The van der Waals surface area contributed by atoms with E-state index in [-0.39, 0.29) is 23.9 Å². The van der Waals surface area contributed by atoms with Crippen molar-refractivity contribution >= 4 is 11.8 Å². The Hall–Kier alpha value is -1.88. The molecule has 1 saturated carbocycles. The number of likely N-dealkylation sites (tertiary alicyclic amines) is 2. The normalized spacial score (nSPS) is 29.1. The Kier molecular flexibility index (Phi) is 4.98. The summed E-state index contributed by atoms with van der Waals surface area (Å²) in [6.45, 7) is 3.91. The van der Waals surface area contributed by atoms with Gasteiger partial charge in [0.1, 0.15) is 6.04 Å². The van der Waals surface area contributed by atoms with E-state index in [2.05, 4.69) is 17.1 Å². The standard InChI is InChI=1S/C21H29N3O2/c1-15-12-17(14-24(15)18-9-10-18)22-21(26)19-8-5-11-23(19)20(25)13-16-6-3-2-4-7-16/h2-4,6-7,15,17-19H,5,8-14H2,1H3,(H,22,26). The van der Waals surface area contributed by atoms with Crippen LogP contribution in [0.25, 0.3) is 0 Å². The molecule has 2 aliphatic heterocycles. The number of rotatable bonds is 5. The molecule has 0 radical (unpaired) electrons. The highest BCUT2D eigenvalue weighted by Crippen LogP contribution is 2.33. The summed E-state index contributed by atoms with van der Waals surface area (Å²) in [5, 5.41) is 3.24. The molecule has 1 aliphatic carbocycles. The van der Waals surface area contributed by atoms with E-state index in [9.17, 15) is 9.59 Å². The van der Waals surface area contributed by atoms with Gasteiger partial charge in [0.15, 0.2) is 0 Å². The molecule has 1 N–H and O–H groups in total. The number of carbonyl (C=O) groups excluding carboxylic acids is 2. The van der Waals surface area contributed by atoms with Crippen LogP contribution in [0.4, 0.5) is 0 Å². The predicted molar refractivity (Wildman–Crippen MR) is 101 cm³/mol. The van der Waals surface area contributed by atoms with Gasteiger partial charge in [-0.1, -0.05) is 30.3 Å².